The lowest BCUT2D eigenvalue weighted by Gasteiger charge is -2.34. The van der Waals surface area contributed by atoms with E-state index in [2.05, 4.69) is 37.5 Å². The van der Waals surface area contributed by atoms with Gasteiger partial charge in [-0.25, -0.2) is 0 Å². The maximum atomic E-state index is 6.44. The molecule has 0 amide bonds. The molecule has 100 valence electrons. The van der Waals surface area contributed by atoms with Crippen molar-refractivity contribution >= 4 is 25.2 Å². The van der Waals surface area contributed by atoms with Gasteiger partial charge in [0.25, 0.3) is 0 Å². The minimum absolute atomic E-state index is 0.265. The molecule has 3 unspecified atom stereocenters. The lowest BCUT2D eigenvalue weighted by molar-refractivity contribution is 0.213. The maximum Gasteiger partial charge on any atom is 0.172 e. The molecule has 4 heteroatoms. The Hall–Kier alpha value is -0.245. The summed E-state index contributed by atoms with van der Waals surface area (Å²) in [5.41, 5.74) is 0. The molecule has 0 aromatic heterocycles. The summed E-state index contributed by atoms with van der Waals surface area (Å²) in [5, 5.41) is 1.02. The monoisotopic (exact) mass is 264 g/mol. The standard InChI is InChI=1S/C14H25BN2S/c1-9(2)16-12-8-6-5-7-11(15)13(12)17(10(3)4)14(16)18/h9-13H,5-8H2,1-4H3. The minimum Gasteiger partial charge on any atom is -0.342 e. The third kappa shape index (κ3) is 2.28. The smallest absolute Gasteiger partial charge is 0.172 e. The molecule has 1 aliphatic heterocycles. The van der Waals surface area contributed by atoms with E-state index in [4.69, 9.17) is 20.1 Å². The van der Waals surface area contributed by atoms with Gasteiger partial charge in [-0.05, 0) is 46.3 Å². The zero-order valence-corrected chi connectivity index (χ0v) is 12.9. The van der Waals surface area contributed by atoms with Gasteiger partial charge in [0.2, 0.25) is 0 Å². The minimum atomic E-state index is 0.265. The van der Waals surface area contributed by atoms with Crippen molar-refractivity contribution in [2.45, 2.75) is 83.4 Å². The van der Waals surface area contributed by atoms with Gasteiger partial charge in [-0.3, -0.25) is 0 Å². The molecule has 0 N–H and O–H groups in total. The molecule has 1 heterocycles. The van der Waals surface area contributed by atoms with Crippen molar-refractivity contribution < 1.29 is 0 Å². The molecule has 2 nitrogen and oxygen atoms in total. The van der Waals surface area contributed by atoms with Crippen molar-refractivity contribution in [1.29, 1.82) is 0 Å². The van der Waals surface area contributed by atoms with Gasteiger partial charge in [-0.2, -0.15) is 0 Å². The Kier molecular flexibility index (Phi) is 4.25. The first kappa shape index (κ1) is 14.2. The highest BCUT2D eigenvalue weighted by Gasteiger charge is 2.47. The molecule has 2 rings (SSSR count). The molecule has 1 saturated carbocycles. The van der Waals surface area contributed by atoms with Crippen LogP contribution in [0.4, 0.5) is 0 Å². The molecule has 0 aromatic rings. The van der Waals surface area contributed by atoms with Crippen LogP contribution in [0.25, 0.3) is 0 Å². The fourth-order valence-corrected chi connectivity index (χ4v) is 4.31. The molecular formula is C14H25BN2S. The van der Waals surface area contributed by atoms with Gasteiger partial charge in [0.05, 0.1) is 13.9 Å². The summed E-state index contributed by atoms with van der Waals surface area (Å²) in [7, 11) is 6.44. The lowest BCUT2D eigenvalue weighted by atomic mass is 9.75. The van der Waals surface area contributed by atoms with Gasteiger partial charge in [0.15, 0.2) is 5.11 Å². The van der Waals surface area contributed by atoms with Crippen LogP contribution in [0.15, 0.2) is 0 Å². The molecule has 2 aliphatic rings. The number of thiocarbonyl (C=S) groups is 1. The zero-order valence-electron chi connectivity index (χ0n) is 12.1. The van der Waals surface area contributed by atoms with E-state index in [-0.39, 0.29) is 5.82 Å². The molecule has 18 heavy (non-hydrogen) atoms. The summed E-state index contributed by atoms with van der Waals surface area (Å²) >= 11 is 5.72. The van der Waals surface area contributed by atoms with Crippen LogP contribution < -0.4 is 0 Å². The van der Waals surface area contributed by atoms with Crippen LogP contribution in [0.5, 0.6) is 0 Å². The van der Waals surface area contributed by atoms with Crippen LogP contribution in [-0.2, 0) is 0 Å². The largest absolute Gasteiger partial charge is 0.342 e. The summed E-state index contributed by atoms with van der Waals surface area (Å²) in [4.78, 5) is 4.83. The van der Waals surface area contributed by atoms with Crippen molar-refractivity contribution in [2.75, 3.05) is 0 Å². The number of hydrogen-bond acceptors (Lipinski definition) is 1. The first-order valence-corrected chi connectivity index (χ1v) is 7.72. The number of fused-ring (bicyclic) bond motifs is 1. The molecule has 2 fully saturated rings. The summed E-state index contributed by atoms with van der Waals surface area (Å²) in [6, 6.07) is 1.86. The predicted molar refractivity (Wildman–Crippen MR) is 82.1 cm³/mol. The first-order chi connectivity index (χ1) is 8.45. The highest BCUT2D eigenvalue weighted by Crippen LogP contribution is 2.40. The van der Waals surface area contributed by atoms with Gasteiger partial charge in [-0.15, -0.1) is 0 Å². The van der Waals surface area contributed by atoms with E-state index in [0.29, 0.717) is 24.2 Å². The van der Waals surface area contributed by atoms with Gasteiger partial charge in [0, 0.05) is 18.1 Å². The van der Waals surface area contributed by atoms with Crippen LogP contribution in [0, 0.1) is 0 Å². The second-order valence-corrected chi connectivity index (χ2v) is 6.66. The molecule has 3 atom stereocenters. The average molecular weight is 264 g/mol. The van der Waals surface area contributed by atoms with E-state index in [9.17, 15) is 0 Å². The summed E-state index contributed by atoms with van der Waals surface area (Å²) in [6.07, 6.45) is 4.92. The van der Waals surface area contributed by atoms with Crippen LogP contribution in [0.1, 0.15) is 53.4 Å². The second-order valence-electron chi connectivity index (χ2n) is 6.29. The van der Waals surface area contributed by atoms with Crippen molar-refractivity contribution in [2.24, 2.45) is 0 Å². The Bertz CT molecular complexity index is 319. The number of nitrogens with zero attached hydrogens (tertiary/aromatic N) is 2. The first-order valence-electron chi connectivity index (χ1n) is 7.31. The lowest BCUT2D eigenvalue weighted by Crippen LogP contribution is -2.43. The topological polar surface area (TPSA) is 6.48 Å². The number of rotatable bonds is 2. The van der Waals surface area contributed by atoms with E-state index in [1.807, 2.05) is 0 Å². The highest BCUT2D eigenvalue weighted by molar-refractivity contribution is 7.80. The molecular weight excluding hydrogens is 239 g/mol. The highest BCUT2D eigenvalue weighted by atomic mass is 32.1. The zero-order chi connectivity index (χ0) is 13.4. The predicted octanol–water partition coefficient (Wildman–Crippen LogP) is 2.97. The molecule has 1 saturated heterocycles. The summed E-state index contributed by atoms with van der Waals surface area (Å²) < 4.78 is 0. The van der Waals surface area contributed by atoms with E-state index >= 15 is 0 Å². The van der Waals surface area contributed by atoms with E-state index in [0.717, 1.165) is 11.5 Å². The molecule has 0 spiro atoms. The van der Waals surface area contributed by atoms with Crippen molar-refractivity contribution in [3.63, 3.8) is 0 Å². The quantitative estimate of drug-likeness (QED) is 0.559. The fourth-order valence-electron chi connectivity index (χ4n) is 3.63. The Balaban J connectivity index is 2.35. The van der Waals surface area contributed by atoms with Crippen LogP contribution in [0.3, 0.4) is 0 Å². The maximum absolute atomic E-state index is 6.44. The molecule has 0 aromatic carbocycles. The Labute approximate surface area is 119 Å². The van der Waals surface area contributed by atoms with Crippen LogP contribution in [0.2, 0.25) is 5.82 Å². The Morgan fingerprint density at radius 1 is 1.06 bits per heavy atom. The van der Waals surface area contributed by atoms with E-state index < -0.39 is 0 Å². The summed E-state index contributed by atoms with van der Waals surface area (Å²) in [6.45, 7) is 8.93. The van der Waals surface area contributed by atoms with E-state index in [1.165, 1.54) is 19.3 Å². The van der Waals surface area contributed by atoms with Crippen LogP contribution in [-0.4, -0.2) is 46.9 Å². The third-order valence-electron chi connectivity index (χ3n) is 4.35. The third-order valence-corrected chi connectivity index (χ3v) is 4.77. The van der Waals surface area contributed by atoms with Crippen LogP contribution >= 0.6 is 12.2 Å². The van der Waals surface area contributed by atoms with Gasteiger partial charge >= 0.3 is 0 Å². The van der Waals surface area contributed by atoms with Crippen molar-refractivity contribution in [3.05, 3.63) is 0 Å². The SMILES string of the molecule is [B]C1CCCCC2C1N(C(C)C)C(=S)N2C(C)C. The average Bonchev–Trinajstić information content (AvgIpc) is 2.45. The Morgan fingerprint density at radius 3 is 2.17 bits per heavy atom. The summed E-state index contributed by atoms with van der Waals surface area (Å²) in [5.74, 6) is 0.265. The van der Waals surface area contributed by atoms with Crippen molar-refractivity contribution in [3.8, 4) is 0 Å². The van der Waals surface area contributed by atoms with Gasteiger partial charge in [-0.1, -0.05) is 25.1 Å². The van der Waals surface area contributed by atoms with Gasteiger partial charge < -0.3 is 9.80 Å². The van der Waals surface area contributed by atoms with E-state index in [1.54, 1.807) is 0 Å². The fraction of sp³-hybridized carbons (Fsp3) is 0.929. The van der Waals surface area contributed by atoms with Gasteiger partial charge in [0.1, 0.15) is 0 Å². The Morgan fingerprint density at radius 2 is 1.61 bits per heavy atom. The molecule has 1 aliphatic carbocycles. The molecule has 0 bridgehead atoms. The second kappa shape index (κ2) is 5.40. The molecule has 2 radical (unpaired) electrons. The number of hydrogen-bond donors (Lipinski definition) is 0. The normalized spacial score (nSPS) is 33.2. The van der Waals surface area contributed by atoms with Crippen molar-refractivity contribution in [1.82, 2.24) is 9.80 Å².